The third-order valence-electron chi connectivity index (χ3n) is 3.05. The van der Waals surface area contributed by atoms with Crippen molar-refractivity contribution in [3.63, 3.8) is 0 Å². The van der Waals surface area contributed by atoms with Crippen LogP contribution >= 0.6 is 31.9 Å². The number of hydrogen-bond donors (Lipinski definition) is 0. The van der Waals surface area contributed by atoms with Crippen molar-refractivity contribution in [1.29, 1.82) is 0 Å². The molecule has 0 amide bonds. The van der Waals surface area contributed by atoms with Gasteiger partial charge in [0.1, 0.15) is 12.4 Å². The first-order valence-electron chi connectivity index (χ1n) is 6.71. The third-order valence-corrected chi connectivity index (χ3v) is 4.28. The maximum absolute atomic E-state index is 12.2. The SMILES string of the molecule is CC#CCOc1ccc(-c2[c-]cc(Br)c(=O)n2CC)c(Br)c1.[Y]. The van der Waals surface area contributed by atoms with Gasteiger partial charge in [-0.15, -0.1) is 27.9 Å². The minimum Gasteiger partial charge on any atom is -0.481 e. The third kappa shape index (κ3) is 5.03. The number of aromatic nitrogens is 1. The predicted octanol–water partition coefficient (Wildman–Crippen LogP) is 4.26. The van der Waals surface area contributed by atoms with E-state index in [1.54, 1.807) is 17.6 Å². The first-order chi connectivity index (χ1) is 10.6. The van der Waals surface area contributed by atoms with Gasteiger partial charge in [0.25, 0.3) is 0 Å². The van der Waals surface area contributed by atoms with Crippen LogP contribution in [0.4, 0.5) is 0 Å². The van der Waals surface area contributed by atoms with Crippen molar-refractivity contribution in [2.75, 3.05) is 6.61 Å². The first kappa shape index (κ1) is 20.6. The van der Waals surface area contributed by atoms with Gasteiger partial charge in [0.05, 0.1) is 0 Å². The second-order valence-corrected chi connectivity index (χ2v) is 6.10. The van der Waals surface area contributed by atoms with Crippen LogP contribution in [0.5, 0.6) is 5.75 Å². The molecule has 0 unspecified atom stereocenters. The van der Waals surface area contributed by atoms with E-state index in [0.717, 1.165) is 21.5 Å². The molecule has 1 radical (unpaired) electrons. The number of benzene rings is 1. The minimum atomic E-state index is -0.0679. The fourth-order valence-corrected chi connectivity index (χ4v) is 2.87. The standard InChI is InChI=1S/C17H14Br2NO2.Y/c1-3-5-10-22-12-6-7-13(15(19)11-12)16-9-8-14(18)17(21)20(16)4-2;/h6-8,11H,4,10H2,1-2H3;/q-1;. The number of nitrogens with zero attached hydrogens (tertiary/aromatic N) is 1. The summed E-state index contributed by atoms with van der Waals surface area (Å²) in [5.41, 5.74) is 1.56. The van der Waals surface area contributed by atoms with Crippen LogP contribution in [0.15, 0.2) is 38.0 Å². The average Bonchev–Trinajstić information content (AvgIpc) is 2.51. The number of ether oxygens (including phenoxy) is 1. The van der Waals surface area contributed by atoms with Crippen molar-refractivity contribution in [2.24, 2.45) is 0 Å². The van der Waals surface area contributed by atoms with Crippen LogP contribution in [0.25, 0.3) is 11.3 Å². The van der Waals surface area contributed by atoms with Gasteiger partial charge in [-0.05, 0) is 34.9 Å². The van der Waals surface area contributed by atoms with Crippen LogP contribution in [0.3, 0.4) is 0 Å². The largest absolute Gasteiger partial charge is 0.481 e. The van der Waals surface area contributed by atoms with Crippen molar-refractivity contribution in [3.05, 3.63) is 49.6 Å². The van der Waals surface area contributed by atoms with E-state index in [-0.39, 0.29) is 38.3 Å². The summed E-state index contributed by atoms with van der Waals surface area (Å²) >= 11 is 6.79. The van der Waals surface area contributed by atoms with E-state index in [1.165, 1.54) is 0 Å². The molecule has 0 aliphatic carbocycles. The van der Waals surface area contributed by atoms with Gasteiger partial charge in [0.2, 0.25) is 5.56 Å². The summed E-state index contributed by atoms with van der Waals surface area (Å²) in [4.78, 5) is 12.2. The Balaban J connectivity index is 0.00000264. The Morgan fingerprint density at radius 3 is 2.65 bits per heavy atom. The van der Waals surface area contributed by atoms with Gasteiger partial charge >= 0.3 is 0 Å². The van der Waals surface area contributed by atoms with Gasteiger partial charge in [0.15, 0.2) is 0 Å². The molecule has 1 aromatic heterocycles. The molecule has 0 bridgehead atoms. The monoisotopic (exact) mass is 511 g/mol. The summed E-state index contributed by atoms with van der Waals surface area (Å²) in [6.07, 6.45) is 0. The molecule has 0 spiro atoms. The van der Waals surface area contributed by atoms with Crippen molar-refractivity contribution in [2.45, 2.75) is 20.4 Å². The maximum atomic E-state index is 12.2. The molecule has 2 rings (SSSR count). The molecule has 0 saturated heterocycles. The Hall–Kier alpha value is -0.406. The Morgan fingerprint density at radius 2 is 2.04 bits per heavy atom. The van der Waals surface area contributed by atoms with Crippen molar-refractivity contribution in [3.8, 4) is 28.8 Å². The zero-order valence-electron chi connectivity index (χ0n) is 12.8. The van der Waals surface area contributed by atoms with Gasteiger partial charge in [0, 0.05) is 39.3 Å². The van der Waals surface area contributed by atoms with Crippen LogP contribution in [0.2, 0.25) is 0 Å². The average molecular weight is 513 g/mol. The molecule has 0 atom stereocenters. The number of hydrogen-bond acceptors (Lipinski definition) is 2. The molecule has 0 aliphatic heterocycles. The molecule has 2 aromatic rings. The zero-order chi connectivity index (χ0) is 16.1. The van der Waals surface area contributed by atoms with Crippen LogP contribution < -0.4 is 10.3 Å². The van der Waals surface area contributed by atoms with Crippen molar-refractivity contribution < 1.29 is 37.4 Å². The summed E-state index contributed by atoms with van der Waals surface area (Å²) in [5, 5.41) is 0. The second-order valence-electron chi connectivity index (χ2n) is 4.39. The van der Waals surface area contributed by atoms with E-state index in [0.29, 0.717) is 17.6 Å². The Morgan fingerprint density at radius 1 is 1.30 bits per heavy atom. The van der Waals surface area contributed by atoms with Crippen molar-refractivity contribution >= 4 is 31.9 Å². The van der Waals surface area contributed by atoms with Crippen LogP contribution in [0.1, 0.15) is 13.8 Å². The fourth-order valence-electron chi connectivity index (χ4n) is 2.00. The summed E-state index contributed by atoms with van der Waals surface area (Å²) in [7, 11) is 0. The minimum absolute atomic E-state index is 0. The summed E-state index contributed by atoms with van der Waals surface area (Å²) in [5.74, 6) is 6.36. The van der Waals surface area contributed by atoms with Gasteiger partial charge in [-0.3, -0.25) is 4.79 Å². The van der Waals surface area contributed by atoms with Crippen LogP contribution in [-0.2, 0) is 39.3 Å². The number of halogens is 2. The molecule has 0 N–H and O–H groups in total. The van der Waals surface area contributed by atoms with Crippen LogP contribution in [0, 0.1) is 17.9 Å². The molecule has 0 fully saturated rings. The molecular weight excluding hydrogens is 499 g/mol. The van der Waals surface area contributed by atoms with Gasteiger partial charge < -0.3 is 9.30 Å². The van der Waals surface area contributed by atoms with E-state index in [9.17, 15) is 4.79 Å². The smallest absolute Gasteiger partial charge is 0.208 e. The molecule has 0 saturated carbocycles. The molecule has 1 aromatic carbocycles. The number of rotatable bonds is 4. The van der Waals surface area contributed by atoms with Gasteiger partial charge in [-0.1, -0.05) is 33.1 Å². The maximum Gasteiger partial charge on any atom is 0.208 e. The Kier molecular flexibility index (Phi) is 8.78. The molecule has 23 heavy (non-hydrogen) atoms. The molecule has 117 valence electrons. The van der Waals surface area contributed by atoms with E-state index < -0.39 is 0 Å². The van der Waals surface area contributed by atoms with E-state index in [2.05, 4.69) is 49.8 Å². The Bertz CT molecular complexity index is 806. The second kappa shape index (κ2) is 9.78. The van der Waals surface area contributed by atoms with E-state index in [4.69, 9.17) is 4.74 Å². The summed E-state index contributed by atoms with van der Waals surface area (Å²) < 4.78 is 8.55. The van der Waals surface area contributed by atoms with E-state index in [1.807, 2.05) is 25.1 Å². The zero-order valence-corrected chi connectivity index (χ0v) is 18.8. The first-order valence-corrected chi connectivity index (χ1v) is 8.30. The van der Waals surface area contributed by atoms with Crippen molar-refractivity contribution in [1.82, 2.24) is 4.57 Å². The summed E-state index contributed by atoms with van der Waals surface area (Å²) in [6.45, 7) is 4.63. The topological polar surface area (TPSA) is 31.2 Å². The fraction of sp³-hybridized carbons (Fsp3) is 0.235. The summed E-state index contributed by atoms with van der Waals surface area (Å²) in [6, 6.07) is 10.4. The van der Waals surface area contributed by atoms with Crippen LogP contribution in [-0.4, -0.2) is 11.2 Å². The molecular formula is C17H14Br2NO2Y-. The molecule has 6 heteroatoms. The molecule has 1 heterocycles. The Labute approximate surface area is 178 Å². The quantitative estimate of drug-likeness (QED) is 0.453. The molecule has 3 nitrogen and oxygen atoms in total. The van der Waals surface area contributed by atoms with E-state index >= 15 is 0 Å². The normalized spacial score (nSPS) is 9.57. The predicted molar refractivity (Wildman–Crippen MR) is 95.0 cm³/mol. The molecule has 0 aliphatic rings. The number of pyridine rings is 1. The van der Waals surface area contributed by atoms with Gasteiger partial charge in [-0.2, -0.15) is 12.1 Å². The van der Waals surface area contributed by atoms with Gasteiger partial charge in [-0.25, -0.2) is 0 Å².